The summed E-state index contributed by atoms with van der Waals surface area (Å²) in [5, 5.41) is 13.7. The summed E-state index contributed by atoms with van der Waals surface area (Å²) in [5.41, 5.74) is 2.13. The Hall–Kier alpha value is -2.80. The van der Waals surface area contributed by atoms with Gasteiger partial charge in [0.1, 0.15) is 17.4 Å². The maximum Gasteiger partial charge on any atom is 0.230 e. The van der Waals surface area contributed by atoms with Crippen LogP contribution in [0.1, 0.15) is 11.1 Å². The minimum atomic E-state index is -0.0375. The van der Waals surface area contributed by atoms with Crippen molar-refractivity contribution in [3.63, 3.8) is 0 Å². The van der Waals surface area contributed by atoms with Crippen LogP contribution in [0.2, 0.25) is 0 Å². The molecule has 0 aliphatic carbocycles. The Bertz CT molecular complexity index is 777. The van der Waals surface area contributed by atoms with E-state index in [0.29, 0.717) is 23.9 Å². The summed E-state index contributed by atoms with van der Waals surface area (Å²) in [4.78, 5) is 11.8. The van der Waals surface area contributed by atoms with Gasteiger partial charge in [0.05, 0.1) is 11.9 Å². The molecule has 2 N–H and O–H groups in total. The first kappa shape index (κ1) is 17.0. The smallest absolute Gasteiger partial charge is 0.230 e. The average Bonchev–Trinajstić information content (AvgIpc) is 3.18. The van der Waals surface area contributed by atoms with Crippen LogP contribution in [-0.2, 0) is 17.9 Å². The van der Waals surface area contributed by atoms with Crippen molar-refractivity contribution in [3.05, 3.63) is 71.9 Å². The monoisotopic (exact) mass is 354 g/mol. The highest BCUT2D eigenvalue weighted by molar-refractivity contribution is 7.99. The third-order valence-electron chi connectivity index (χ3n) is 3.41. The van der Waals surface area contributed by atoms with Crippen molar-refractivity contribution in [3.8, 4) is 5.75 Å². The van der Waals surface area contributed by atoms with Gasteiger partial charge < -0.3 is 10.1 Å². The topological polar surface area (TPSA) is 79.9 Å². The third-order valence-corrected chi connectivity index (χ3v) is 4.30. The first-order valence-electron chi connectivity index (χ1n) is 7.80. The first-order valence-corrected chi connectivity index (χ1v) is 8.79. The zero-order chi connectivity index (χ0) is 17.3. The molecular formula is C18H18N4O2S. The number of aromatic amines is 1. The van der Waals surface area contributed by atoms with Gasteiger partial charge in [-0.05, 0) is 23.3 Å². The molecule has 0 atom stereocenters. The number of carbonyl (C=O) groups is 1. The molecule has 1 aromatic heterocycles. The van der Waals surface area contributed by atoms with Gasteiger partial charge in [-0.3, -0.25) is 4.79 Å². The highest BCUT2D eigenvalue weighted by Crippen LogP contribution is 2.13. The highest BCUT2D eigenvalue weighted by Gasteiger charge is 2.05. The van der Waals surface area contributed by atoms with Crippen molar-refractivity contribution >= 4 is 17.7 Å². The van der Waals surface area contributed by atoms with E-state index in [1.54, 1.807) is 6.20 Å². The lowest BCUT2D eigenvalue weighted by Gasteiger charge is -2.08. The fraction of sp³-hybridized carbons (Fsp3) is 0.167. The largest absolute Gasteiger partial charge is 0.489 e. The number of ether oxygens (including phenoxy) is 1. The molecule has 3 aromatic rings. The van der Waals surface area contributed by atoms with Crippen molar-refractivity contribution in [1.29, 1.82) is 0 Å². The van der Waals surface area contributed by atoms with E-state index in [2.05, 4.69) is 20.7 Å². The minimum absolute atomic E-state index is 0.0375. The number of thioether (sulfide) groups is 1. The van der Waals surface area contributed by atoms with E-state index in [4.69, 9.17) is 4.74 Å². The van der Waals surface area contributed by atoms with Crippen LogP contribution < -0.4 is 10.1 Å². The van der Waals surface area contributed by atoms with Crippen LogP contribution in [0, 0.1) is 0 Å². The summed E-state index contributed by atoms with van der Waals surface area (Å²) in [6, 6.07) is 17.7. The zero-order valence-corrected chi connectivity index (χ0v) is 14.3. The van der Waals surface area contributed by atoms with E-state index >= 15 is 0 Å². The molecule has 0 spiro atoms. The maximum atomic E-state index is 11.8. The number of nitrogens with one attached hydrogen (secondary N) is 2. The molecule has 0 saturated heterocycles. The molecule has 0 bridgehead atoms. The molecule has 0 saturated carbocycles. The number of amides is 1. The van der Waals surface area contributed by atoms with Gasteiger partial charge in [0.2, 0.25) is 5.91 Å². The Morgan fingerprint density at radius 1 is 1.08 bits per heavy atom. The standard InChI is InChI=1S/C18H18N4O2S/c23-17(13-25-18-11-20-22-21-18)19-10-14-6-8-15(9-7-14)12-24-16-4-2-1-3-5-16/h1-9,11H,10,12-13H2,(H,19,23)(H,20,21,22). The summed E-state index contributed by atoms with van der Waals surface area (Å²) < 4.78 is 5.71. The van der Waals surface area contributed by atoms with Crippen molar-refractivity contribution < 1.29 is 9.53 Å². The Balaban J connectivity index is 1.40. The SMILES string of the molecule is O=C(CSc1cn[nH]n1)NCc1ccc(COc2ccccc2)cc1. The number of hydrogen-bond acceptors (Lipinski definition) is 5. The lowest BCUT2D eigenvalue weighted by atomic mass is 10.1. The number of rotatable bonds is 8. The molecule has 0 aliphatic rings. The second kappa shape index (κ2) is 8.89. The van der Waals surface area contributed by atoms with Gasteiger partial charge in [-0.15, -0.1) is 5.10 Å². The molecule has 6 nitrogen and oxygen atoms in total. The lowest BCUT2D eigenvalue weighted by molar-refractivity contribution is -0.118. The van der Waals surface area contributed by atoms with E-state index in [-0.39, 0.29) is 5.91 Å². The van der Waals surface area contributed by atoms with E-state index in [1.807, 2.05) is 54.6 Å². The average molecular weight is 354 g/mol. The normalized spacial score (nSPS) is 10.4. The maximum absolute atomic E-state index is 11.8. The second-order valence-electron chi connectivity index (χ2n) is 5.29. The predicted molar refractivity (Wildman–Crippen MR) is 96.2 cm³/mol. The number of hydrogen-bond donors (Lipinski definition) is 2. The first-order chi connectivity index (χ1) is 12.3. The number of nitrogens with zero attached hydrogens (tertiary/aromatic N) is 2. The van der Waals surface area contributed by atoms with Gasteiger partial charge in [-0.2, -0.15) is 10.3 Å². The second-order valence-corrected chi connectivity index (χ2v) is 6.29. The Kier molecular flexibility index (Phi) is 6.06. The molecule has 1 heterocycles. The third kappa shape index (κ3) is 5.65. The van der Waals surface area contributed by atoms with Crippen LogP contribution in [0.15, 0.2) is 65.8 Å². The van der Waals surface area contributed by atoms with Gasteiger partial charge in [0.25, 0.3) is 0 Å². The predicted octanol–water partition coefficient (Wildman–Crippen LogP) is 2.79. The molecule has 0 radical (unpaired) electrons. The summed E-state index contributed by atoms with van der Waals surface area (Å²) in [7, 11) is 0. The highest BCUT2D eigenvalue weighted by atomic mass is 32.2. The summed E-state index contributed by atoms with van der Waals surface area (Å²) in [6.45, 7) is 1.02. The minimum Gasteiger partial charge on any atom is -0.489 e. The Morgan fingerprint density at radius 3 is 2.56 bits per heavy atom. The summed E-state index contributed by atoms with van der Waals surface area (Å²) >= 11 is 1.34. The fourth-order valence-electron chi connectivity index (χ4n) is 2.09. The molecule has 128 valence electrons. The van der Waals surface area contributed by atoms with Crippen LogP contribution in [-0.4, -0.2) is 27.1 Å². The summed E-state index contributed by atoms with van der Waals surface area (Å²) in [5.74, 6) is 1.13. The van der Waals surface area contributed by atoms with Gasteiger partial charge in [-0.25, -0.2) is 0 Å². The molecule has 0 unspecified atom stereocenters. The van der Waals surface area contributed by atoms with Crippen molar-refractivity contribution in [1.82, 2.24) is 20.7 Å². The molecule has 1 amide bonds. The number of aromatic nitrogens is 3. The van der Waals surface area contributed by atoms with Crippen LogP contribution in [0.4, 0.5) is 0 Å². The summed E-state index contributed by atoms with van der Waals surface area (Å²) in [6.07, 6.45) is 1.59. The molecule has 0 fully saturated rings. The molecule has 0 aliphatic heterocycles. The van der Waals surface area contributed by atoms with E-state index < -0.39 is 0 Å². The lowest BCUT2D eigenvalue weighted by Crippen LogP contribution is -2.24. The van der Waals surface area contributed by atoms with Gasteiger partial charge in [0.15, 0.2) is 0 Å². The van der Waals surface area contributed by atoms with Crippen molar-refractivity contribution in [2.24, 2.45) is 0 Å². The van der Waals surface area contributed by atoms with Crippen LogP contribution in [0.3, 0.4) is 0 Å². The van der Waals surface area contributed by atoms with Gasteiger partial charge in [-0.1, -0.05) is 54.2 Å². The van der Waals surface area contributed by atoms with Crippen molar-refractivity contribution in [2.75, 3.05) is 5.75 Å². The molecular weight excluding hydrogens is 336 g/mol. The Labute approximate surface area is 150 Å². The molecule has 2 aromatic carbocycles. The van der Waals surface area contributed by atoms with Crippen LogP contribution >= 0.6 is 11.8 Å². The van der Waals surface area contributed by atoms with Gasteiger partial charge >= 0.3 is 0 Å². The zero-order valence-electron chi connectivity index (χ0n) is 13.5. The number of para-hydroxylation sites is 1. The number of carbonyl (C=O) groups excluding carboxylic acids is 1. The molecule has 25 heavy (non-hydrogen) atoms. The van der Waals surface area contributed by atoms with E-state index in [0.717, 1.165) is 16.9 Å². The van der Waals surface area contributed by atoms with Crippen molar-refractivity contribution in [2.45, 2.75) is 18.2 Å². The van der Waals surface area contributed by atoms with Crippen LogP contribution in [0.25, 0.3) is 0 Å². The Morgan fingerprint density at radius 2 is 1.84 bits per heavy atom. The van der Waals surface area contributed by atoms with E-state index in [1.165, 1.54) is 11.8 Å². The molecule has 7 heteroatoms. The fourth-order valence-corrected chi connectivity index (χ4v) is 2.70. The molecule has 3 rings (SSSR count). The van der Waals surface area contributed by atoms with E-state index in [9.17, 15) is 4.79 Å². The van der Waals surface area contributed by atoms with Crippen LogP contribution in [0.5, 0.6) is 5.75 Å². The number of benzene rings is 2. The van der Waals surface area contributed by atoms with Gasteiger partial charge in [0, 0.05) is 6.54 Å². The quantitative estimate of drug-likeness (QED) is 0.608. The number of H-pyrrole nitrogens is 1.